The maximum Gasteiger partial charge on any atom is 0.234 e. The summed E-state index contributed by atoms with van der Waals surface area (Å²) in [5.41, 5.74) is 7.42. The smallest absolute Gasteiger partial charge is 0.234 e. The zero-order valence-corrected chi connectivity index (χ0v) is 8.91. The molecule has 17 heavy (non-hydrogen) atoms. The number of nitrogen functional groups attached to an aromatic ring is 1. The van der Waals surface area contributed by atoms with Crippen molar-refractivity contribution < 1.29 is 5.11 Å². The van der Waals surface area contributed by atoms with E-state index in [1.54, 1.807) is 22.7 Å². The number of fused-ring (bicyclic) bond motifs is 1. The summed E-state index contributed by atoms with van der Waals surface area (Å²) >= 11 is 0. The van der Waals surface area contributed by atoms with Crippen LogP contribution in [0, 0.1) is 0 Å². The molecule has 0 saturated heterocycles. The van der Waals surface area contributed by atoms with Gasteiger partial charge in [-0.05, 0) is 18.2 Å². The van der Waals surface area contributed by atoms with E-state index in [1.807, 2.05) is 18.5 Å². The quantitative estimate of drug-likeness (QED) is 0.619. The van der Waals surface area contributed by atoms with Crippen molar-refractivity contribution >= 4 is 11.5 Å². The van der Waals surface area contributed by atoms with Crippen LogP contribution in [0.25, 0.3) is 17.0 Å². The molecular formula is C12H10N4O. The number of aromatic nitrogens is 3. The van der Waals surface area contributed by atoms with E-state index in [0.717, 1.165) is 0 Å². The second-order valence-corrected chi connectivity index (χ2v) is 3.73. The molecule has 0 unspecified atom stereocenters. The van der Waals surface area contributed by atoms with Gasteiger partial charge in [-0.1, -0.05) is 0 Å². The molecule has 3 rings (SSSR count). The molecule has 2 heterocycles. The highest BCUT2D eigenvalue weighted by molar-refractivity contribution is 5.70. The van der Waals surface area contributed by atoms with Crippen molar-refractivity contribution in [3.8, 4) is 17.0 Å². The Balaban J connectivity index is 2.20. The molecule has 5 heteroatoms. The lowest BCUT2D eigenvalue weighted by molar-refractivity contribution is 0.477. The van der Waals surface area contributed by atoms with Crippen molar-refractivity contribution in [2.45, 2.75) is 0 Å². The van der Waals surface area contributed by atoms with Crippen molar-refractivity contribution in [1.29, 1.82) is 0 Å². The zero-order valence-electron chi connectivity index (χ0n) is 8.91. The van der Waals surface area contributed by atoms with Gasteiger partial charge in [-0.25, -0.2) is 9.97 Å². The van der Waals surface area contributed by atoms with Crippen LogP contribution >= 0.6 is 0 Å². The minimum atomic E-state index is 0.119. The lowest BCUT2D eigenvalue weighted by Crippen LogP contribution is -1.85. The minimum Gasteiger partial charge on any atom is -0.507 e. The summed E-state index contributed by atoms with van der Waals surface area (Å²) in [4.78, 5) is 8.44. The molecule has 1 aromatic carbocycles. The maximum atomic E-state index is 9.82. The summed E-state index contributed by atoms with van der Waals surface area (Å²) in [5, 5.41) is 9.82. The Kier molecular flexibility index (Phi) is 1.98. The number of anilines is 1. The average Bonchev–Trinajstić information content (AvgIpc) is 2.72. The van der Waals surface area contributed by atoms with Crippen LogP contribution in [0.1, 0.15) is 0 Å². The second-order valence-electron chi connectivity index (χ2n) is 3.73. The van der Waals surface area contributed by atoms with Crippen LogP contribution in [0.3, 0.4) is 0 Å². The predicted molar refractivity (Wildman–Crippen MR) is 64.5 cm³/mol. The molecular weight excluding hydrogens is 216 g/mol. The van der Waals surface area contributed by atoms with Gasteiger partial charge in [0.05, 0.1) is 5.69 Å². The Morgan fingerprint density at radius 1 is 1.29 bits per heavy atom. The van der Waals surface area contributed by atoms with Gasteiger partial charge in [0.2, 0.25) is 5.78 Å². The number of imidazole rings is 1. The Labute approximate surface area is 97.2 Å². The number of rotatable bonds is 1. The summed E-state index contributed by atoms with van der Waals surface area (Å²) in [6.07, 6.45) is 5.34. The third-order valence-corrected chi connectivity index (χ3v) is 2.53. The number of phenols is 1. The summed E-state index contributed by atoms with van der Waals surface area (Å²) in [7, 11) is 0. The van der Waals surface area contributed by atoms with Gasteiger partial charge in [0.1, 0.15) is 5.75 Å². The lowest BCUT2D eigenvalue weighted by atomic mass is 10.1. The van der Waals surface area contributed by atoms with Gasteiger partial charge < -0.3 is 10.8 Å². The van der Waals surface area contributed by atoms with Crippen molar-refractivity contribution in [2.75, 3.05) is 5.73 Å². The number of aromatic hydroxyl groups is 1. The van der Waals surface area contributed by atoms with Crippen LogP contribution < -0.4 is 5.73 Å². The van der Waals surface area contributed by atoms with Gasteiger partial charge in [0.15, 0.2) is 0 Å². The first-order valence-electron chi connectivity index (χ1n) is 5.12. The molecule has 0 fully saturated rings. The van der Waals surface area contributed by atoms with Gasteiger partial charge in [-0.15, -0.1) is 0 Å². The first kappa shape index (κ1) is 9.65. The van der Waals surface area contributed by atoms with Crippen LogP contribution in [-0.4, -0.2) is 19.5 Å². The Morgan fingerprint density at radius 3 is 2.94 bits per heavy atom. The van der Waals surface area contributed by atoms with Gasteiger partial charge in [0, 0.05) is 35.9 Å². The molecule has 0 atom stereocenters. The summed E-state index contributed by atoms with van der Waals surface area (Å²) in [6.45, 7) is 0. The molecule has 0 spiro atoms. The highest BCUT2D eigenvalue weighted by Gasteiger charge is 2.09. The zero-order chi connectivity index (χ0) is 11.8. The number of benzene rings is 1. The van der Waals surface area contributed by atoms with Crippen molar-refractivity contribution in [3.05, 3.63) is 42.9 Å². The number of hydrogen-bond donors (Lipinski definition) is 2. The predicted octanol–water partition coefficient (Wildman–Crippen LogP) is 1.68. The molecule has 0 bridgehead atoms. The topological polar surface area (TPSA) is 76.4 Å². The Hall–Kier alpha value is -2.56. The van der Waals surface area contributed by atoms with E-state index >= 15 is 0 Å². The lowest BCUT2D eigenvalue weighted by Gasteiger charge is -2.01. The van der Waals surface area contributed by atoms with Gasteiger partial charge in [0.25, 0.3) is 0 Å². The first-order chi connectivity index (χ1) is 8.24. The van der Waals surface area contributed by atoms with Crippen LogP contribution in [0.15, 0.2) is 42.9 Å². The fourth-order valence-electron chi connectivity index (χ4n) is 1.72. The standard InChI is InChI=1S/C12H10N4O/c13-8-2-3-9(11(17)6-8)10-7-16-5-1-4-14-12(16)15-10/h1-7,17H,13H2. The molecule has 3 aromatic rings. The normalized spacial score (nSPS) is 10.8. The average molecular weight is 226 g/mol. The van der Waals surface area contributed by atoms with Crippen LogP contribution in [0.4, 0.5) is 5.69 Å². The first-order valence-corrected chi connectivity index (χ1v) is 5.12. The van der Waals surface area contributed by atoms with Gasteiger partial charge in [-0.2, -0.15) is 0 Å². The van der Waals surface area contributed by atoms with E-state index in [-0.39, 0.29) is 5.75 Å². The summed E-state index contributed by atoms with van der Waals surface area (Å²) in [5.74, 6) is 0.715. The van der Waals surface area contributed by atoms with Crippen LogP contribution in [0.5, 0.6) is 5.75 Å². The molecule has 5 nitrogen and oxygen atoms in total. The fourth-order valence-corrected chi connectivity index (χ4v) is 1.72. The van der Waals surface area contributed by atoms with Crippen molar-refractivity contribution in [3.63, 3.8) is 0 Å². The maximum absolute atomic E-state index is 9.82. The number of phenolic OH excluding ortho intramolecular Hbond substituents is 1. The van der Waals surface area contributed by atoms with Crippen LogP contribution in [-0.2, 0) is 0 Å². The Morgan fingerprint density at radius 2 is 2.18 bits per heavy atom. The molecule has 0 saturated carbocycles. The molecule has 0 aliphatic carbocycles. The molecule has 2 aromatic heterocycles. The van der Waals surface area contributed by atoms with E-state index in [9.17, 15) is 5.11 Å². The highest BCUT2D eigenvalue weighted by atomic mass is 16.3. The van der Waals surface area contributed by atoms with Crippen molar-refractivity contribution in [1.82, 2.24) is 14.4 Å². The fraction of sp³-hybridized carbons (Fsp3) is 0. The molecule has 0 amide bonds. The van der Waals surface area contributed by atoms with E-state index in [0.29, 0.717) is 22.7 Å². The monoisotopic (exact) mass is 226 g/mol. The van der Waals surface area contributed by atoms with E-state index < -0.39 is 0 Å². The third kappa shape index (κ3) is 1.57. The van der Waals surface area contributed by atoms with Crippen molar-refractivity contribution in [2.24, 2.45) is 0 Å². The molecule has 84 valence electrons. The van der Waals surface area contributed by atoms with Gasteiger partial charge >= 0.3 is 0 Å². The van der Waals surface area contributed by atoms with E-state index in [4.69, 9.17) is 5.73 Å². The van der Waals surface area contributed by atoms with Gasteiger partial charge in [-0.3, -0.25) is 4.40 Å². The minimum absolute atomic E-state index is 0.119. The molecule has 0 aliphatic heterocycles. The summed E-state index contributed by atoms with van der Waals surface area (Å²) in [6, 6.07) is 6.80. The van der Waals surface area contributed by atoms with Crippen LogP contribution in [0.2, 0.25) is 0 Å². The Bertz CT molecular complexity index is 657. The second kappa shape index (κ2) is 3.48. The van der Waals surface area contributed by atoms with E-state index in [1.165, 1.54) is 6.07 Å². The highest BCUT2D eigenvalue weighted by Crippen LogP contribution is 2.29. The molecule has 0 radical (unpaired) electrons. The largest absolute Gasteiger partial charge is 0.507 e. The molecule has 0 aliphatic rings. The third-order valence-electron chi connectivity index (χ3n) is 2.53. The van der Waals surface area contributed by atoms with E-state index in [2.05, 4.69) is 9.97 Å². The number of hydrogen-bond acceptors (Lipinski definition) is 4. The molecule has 3 N–H and O–H groups in total. The number of nitrogens with two attached hydrogens (primary N) is 1. The SMILES string of the molecule is Nc1ccc(-c2cn3cccnc3n2)c(O)c1. The number of nitrogens with zero attached hydrogens (tertiary/aromatic N) is 3. The summed E-state index contributed by atoms with van der Waals surface area (Å²) < 4.78 is 1.80.